The van der Waals surface area contributed by atoms with Gasteiger partial charge in [0.25, 0.3) is 0 Å². The maximum Gasteiger partial charge on any atom is 0.193 e. The smallest absolute Gasteiger partial charge is 0.193 e. The van der Waals surface area contributed by atoms with Crippen LogP contribution in [0, 0.1) is 0 Å². The second-order valence-corrected chi connectivity index (χ2v) is 5.04. The van der Waals surface area contributed by atoms with Gasteiger partial charge in [-0.05, 0) is 12.5 Å². The van der Waals surface area contributed by atoms with Gasteiger partial charge in [0.2, 0.25) is 0 Å². The normalized spacial score (nSPS) is 25.9. The van der Waals surface area contributed by atoms with E-state index in [9.17, 15) is 0 Å². The van der Waals surface area contributed by atoms with Crippen molar-refractivity contribution in [1.29, 1.82) is 0 Å². The molecule has 2 aliphatic heterocycles. The van der Waals surface area contributed by atoms with Crippen molar-refractivity contribution in [1.82, 2.24) is 21.1 Å². The Labute approximate surface area is 113 Å². The van der Waals surface area contributed by atoms with Gasteiger partial charge in [-0.1, -0.05) is 30.3 Å². The average Bonchev–Trinajstić information content (AvgIpc) is 2.99. The van der Waals surface area contributed by atoms with Crippen molar-refractivity contribution in [2.24, 2.45) is 4.99 Å². The third kappa shape index (κ3) is 2.29. The van der Waals surface area contributed by atoms with Crippen molar-refractivity contribution in [3.63, 3.8) is 0 Å². The van der Waals surface area contributed by atoms with Crippen molar-refractivity contribution in [3.8, 4) is 0 Å². The molecule has 1 unspecified atom stereocenters. The van der Waals surface area contributed by atoms with Crippen LogP contribution < -0.4 is 16.1 Å². The summed E-state index contributed by atoms with van der Waals surface area (Å²) in [5, 5.41) is 8.68. The minimum absolute atomic E-state index is 0.355. The van der Waals surface area contributed by atoms with Crippen LogP contribution >= 0.6 is 0 Å². The number of guanidine groups is 1. The van der Waals surface area contributed by atoms with Gasteiger partial charge in [-0.25, -0.2) is 5.43 Å². The lowest BCUT2D eigenvalue weighted by Gasteiger charge is -2.31. The predicted molar refractivity (Wildman–Crippen MR) is 77.2 cm³/mol. The van der Waals surface area contributed by atoms with Gasteiger partial charge in [0.15, 0.2) is 5.96 Å². The molecule has 0 radical (unpaired) electrons. The quantitative estimate of drug-likeness (QED) is 0.731. The number of aliphatic imine (C=N–C) groups is 1. The van der Waals surface area contributed by atoms with Crippen LogP contribution in [0.15, 0.2) is 41.5 Å². The molecule has 5 heteroatoms. The Balaban J connectivity index is 1.90. The van der Waals surface area contributed by atoms with Gasteiger partial charge in [-0.3, -0.25) is 4.99 Å². The minimum atomic E-state index is -0.355. The number of hydrogen-bond donors (Lipinski definition) is 3. The van der Waals surface area contributed by atoms with Gasteiger partial charge < -0.3 is 15.6 Å². The zero-order valence-electron chi connectivity index (χ0n) is 11.3. The average molecular weight is 257 g/mol. The first kappa shape index (κ1) is 12.0. The third-order valence-corrected chi connectivity index (χ3v) is 3.39. The van der Waals surface area contributed by atoms with Crippen LogP contribution in [0.5, 0.6) is 0 Å². The van der Waals surface area contributed by atoms with Crippen LogP contribution in [0.1, 0.15) is 12.5 Å². The highest BCUT2D eigenvalue weighted by molar-refractivity contribution is 5.86. The van der Waals surface area contributed by atoms with E-state index in [1.54, 1.807) is 0 Å². The molecular formula is C14H19N5. The van der Waals surface area contributed by atoms with Gasteiger partial charge in [-0.15, -0.1) is 0 Å². The van der Waals surface area contributed by atoms with E-state index in [0.717, 1.165) is 19.0 Å². The summed E-state index contributed by atoms with van der Waals surface area (Å²) in [7, 11) is 2.00. The molecule has 0 spiro atoms. The van der Waals surface area contributed by atoms with E-state index in [1.807, 2.05) is 18.1 Å². The Bertz CT molecular complexity index is 522. The molecule has 3 rings (SSSR count). The van der Waals surface area contributed by atoms with Gasteiger partial charge in [0.05, 0.1) is 6.54 Å². The number of nitrogens with zero attached hydrogens (tertiary/aromatic N) is 2. The Hall–Kier alpha value is -2.01. The molecule has 0 bridgehead atoms. The van der Waals surface area contributed by atoms with Crippen molar-refractivity contribution >= 4 is 11.5 Å². The van der Waals surface area contributed by atoms with Crippen LogP contribution in [0.4, 0.5) is 0 Å². The molecular weight excluding hydrogens is 238 g/mol. The Morgan fingerprint density at radius 1 is 1.32 bits per heavy atom. The molecule has 0 aliphatic carbocycles. The summed E-state index contributed by atoms with van der Waals surface area (Å²) in [5.74, 6) is 0.854. The SMILES string of the molecule is CN1C=C(c2ccccc2)C(C)(NC2=NCCN2)N1. The molecule has 0 saturated heterocycles. The summed E-state index contributed by atoms with van der Waals surface area (Å²) < 4.78 is 0. The van der Waals surface area contributed by atoms with Gasteiger partial charge >= 0.3 is 0 Å². The van der Waals surface area contributed by atoms with Gasteiger partial charge in [0, 0.05) is 25.4 Å². The van der Waals surface area contributed by atoms with Crippen LogP contribution in [0.25, 0.3) is 5.57 Å². The highest BCUT2D eigenvalue weighted by Gasteiger charge is 2.36. The summed E-state index contributed by atoms with van der Waals surface area (Å²) >= 11 is 0. The van der Waals surface area contributed by atoms with Crippen LogP contribution in [-0.2, 0) is 0 Å². The summed E-state index contributed by atoms with van der Waals surface area (Å²) in [6.07, 6.45) is 2.11. The number of hydrogen-bond acceptors (Lipinski definition) is 5. The molecule has 0 aromatic heterocycles. The van der Waals surface area contributed by atoms with Crippen LogP contribution in [-0.4, -0.2) is 36.8 Å². The standard InChI is InChI=1S/C14H19N5/c1-14(17-13-15-8-9-16-13)12(10-19(2)18-14)11-6-4-3-5-7-11/h3-7,10,18H,8-9H2,1-2H3,(H2,15,16,17). The van der Waals surface area contributed by atoms with Crippen molar-refractivity contribution in [2.45, 2.75) is 12.6 Å². The summed E-state index contributed by atoms with van der Waals surface area (Å²) in [6, 6.07) is 10.4. The minimum Gasteiger partial charge on any atom is -0.354 e. The first-order valence-corrected chi connectivity index (χ1v) is 6.52. The molecule has 19 heavy (non-hydrogen) atoms. The Morgan fingerprint density at radius 3 is 2.79 bits per heavy atom. The predicted octanol–water partition coefficient (Wildman–Crippen LogP) is 0.743. The monoisotopic (exact) mass is 257 g/mol. The molecule has 0 fully saturated rings. The van der Waals surface area contributed by atoms with E-state index < -0.39 is 0 Å². The van der Waals surface area contributed by atoms with Gasteiger partial charge in [0.1, 0.15) is 5.66 Å². The largest absolute Gasteiger partial charge is 0.354 e. The van der Waals surface area contributed by atoms with E-state index in [2.05, 4.69) is 58.4 Å². The zero-order chi connectivity index (χ0) is 13.3. The van der Waals surface area contributed by atoms with Crippen LogP contribution in [0.3, 0.4) is 0 Å². The van der Waals surface area contributed by atoms with Crippen LogP contribution in [0.2, 0.25) is 0 Å². The molecule has 0 amide bonds. The maximum atomic E-state index is 4.41. The molecule has 5 nitrogen and oxygen atoms in total. The highest BCUT2D eigenvalue weighted by Crippen LogP contribution is 2.29. The first-order chi connectivity index (χ1) is 9.17. The van der Waals surface area contributed by atoms with Crippen molar-refractivity contribution in [2.75, 3.05) is 20.1 Å². The molecule has 1 aromatic carbocycles. The first-order valence-electron chi connectivity index (χ1n) is 6.52. The molecule has 0 saturated carbocycles. The van der Waals surface area contributed by atoms with E-state index in [1.165, 1.54) is 11.1 Å². The third-order valence-electron chi connectivity index (χ3n) is 3.39. The number of hydrazine groups is 1. The summed E-state index contributed by atoms with van der Waals surface area (Å²) in [6.45, 7) is 3.86. The fraction of sp³-hybridized carbons (Fsp3) is 0.357. The number of rotatable bonds is 2. The Morgan fingerprint density at radius 2 is 2.11 bits per heavy atom. The van der Waals surface area contributed by atoms with Crippen molar-refractivity contribution < 1.29 is 0 Å². The number of nitrogens with one attached hydrogen (secondary N) is 3. The second-order valence-electron chi connectivity index (χ2n) is 5.04. The lowest BCUT2D eigenvalue weighted by Crippen LogP contribution is -2.59. The summed E-state index contributed by atoms with van der Waals surface area (Å²) in [5.41, 5.74) is 5.46. The second kappa shape index (κ2) is 4.59. The Kier molecular flexibility index (Phi) is 2.91. The molecule has 2 aliphatic rings. The van der Waals surface area contributed by atoms with Crippen molar-refractivity contribution in [3.05, 3.63) is 42.1 Å². The topological polar surface area (TPSA) is 51.7 Å². The van der Waals surface area contributed by atoms with E-state index in [-0.39, 0.29) is 5.66 Å². The molecule has 3 N–H and O–H groups in total. The fourth-order valence-electron chi connectivity index (χ4n) is 2.56. The van der Waals surface area contributed by atoms with Gasteiger partial charge in [-0.2, -0.15) is 0 Å². The lowest BCUT2D eigenvalue weighted by atomic mass is 9.96. The van der Waals surface area contributed by atoms with E-state index in [0.29, 0.717) is 0 Å². The summed E-state index contributed by atoms with van der Waals surface area (Å²) in [4.78, 5) is 4.41. The molecule has 100 valence electrons. The lowest BCUT2D eigenvalue weighted by molar-refractivity contribution is 0.257. The molecule has 2 heterocycles. The highest BCUT2D eigenvalue weighted by atomic mass is 15.6. The fourth-order valence-corrected chi connectivity index (χ4v) is 2.56. The molecule has 1 atom stereocenters. The number of benzene rings is 1. The maximum absolute atomic E-state index is 4.41. The van der Waals surface area contributed by atoms with E-state index in [4.69, 9.17) is 0 Å². The molecule has 1 aromatic rings. The zero-order valence-corrected chi connectivity index (χ0v) is 11.3. The van der Waals surface area contributed by atoms with E-state index >= 15 is 0 Å².